The Kier molecular flexibility index (Phi) is 4.91. The van der Waals surface area contributed by atoms with Crippen LogP contribution in [0.25, 0.3) is 0 Å². The first-order valence-corrected chi connectivity index (χ1v) is 7.86. The van der Waals surface area contributed by atoms with Crippen LogP contribution in [0.1, 0.15) is 27.7 Å². The molecule has 3 rings (SSSR count). The van der Waals surface area contributed by atoms with Crippen molar-refractivity contribution in [3.8, 4) is 0 Å². The van der Waals surface area contributed by atoms with E-state index in [4.69, 9.17) is 22.1 Å². The molecule has 1 aliphatic heterocycles. The first kappa shape index (κ1) is 15.9. The molecule has 23 heavy (non-hydrogen) atoms. The van der Waals surface area contributed by atoms with Crippen LogP contribution in [0.2, 0.25) is 5.02 Å². The van der Waals surface area contributed by atoms with Gasteiger partial charge in [-0.3, -0.25) is 9.78 Å². The smallest absolute Gasteiger partial charge is 0.254 e. The molecule has 0 bridgehead atoms. The van der Waals surface area contributed by atoms with Gasteiger partial charge in [0.1, 0.15) is 6.10 Å². The third-order valence-corrected chi connectivity index (χ3v) is 4.12. The summed E-state index contributed by atoms with van der Waals surface area (Å²) >= 11 is 5.92. The van der Waals surface area contributed by atoms with Crippen molar-refractivity contribution < 1.29 is 9.53 Å². The van der Waals surface area contributed by atoms with Crippen LogP contribution < -0.4 is 5.73 Å². The highest BCUT2D eigenvalue weighted by molar-refractivity contribution is 6.30. The number of aromatic nitrogens is 1. The lowest BCUT2D eigenvalue weighted by Crippen LogP contribution is -2.42. The Hall–Kier alpha value is -1.95. The maximum Gasteiger partial charge on any atom is 0.254 e. The van der Waals surface area contributed by atoms with Gasteiger partial charge in [-0.05, 0) is 29.8 Å². The second-order valence-corrected chi connectivity index (χ2v) is 5.84. The Morgan fingerprint density at radius 1 is 1.35 bits per heavy atom. The number of morpholine rings is 1. The molecule has 0 aliphatic carbocycles. The van der Waals surface area contributed by atoms with Crippen LogP contribution in [0.5, 0.6) is 0 Å². The molecular weight excluding hydrogens is 314 g/mol. The van der Waals surface area contributed by atoms with Gasteiger partial charge in [-0.2, -0.15) is 0 Å². The Morgan fingerprint density at radius 2 is 2.13 bits per heavy atom. The molecule has 0 saturated carbocycles. The Labute approximate surface area is 140 Å². The van der Waals surface area contributed by atoms with Crippen molar-refractivity contribution in [1.29, 1.82) is 0 Å². The van der Waals surface area contributed by atoms with Crippen molar-refractivity contribution >= 4 is 17.5 Å². The SMILES string of the molecule is NCc1cc(C(=O)N2CCOC(c3ccc(Cl)cc3)C2)ccn1. The van der Waals surface area contributed by atoms with Gasteiger partial charge in [0.2, 0.25) is 0 Å². The molecule has 0 radical (unpaired) electrons. The molecule has 1 unspecified atom stereocenters. The molecular formula is C17H18ClN3O2. The molecule has 2 N–H and O–H groups in total. The number of carbonyl (C=O) groups is 1. The number of nitrogens with two attached hydrogens (primary N) is 1. The van der Waals surface area contributed by atoms with Crippen molar-refractivity contribution in [3.05, 3.63) is 64.4 Å². The van der Waals surface area contributed by atoms with E-state index in [-0.39, 0.29) is 12.0 Å². The fourth-order valence-electron chi connectivity index (χ4n) is 2.62. The third-order valence-electron chi connectivity index (χ3n) is 3.87. The molecule has 2 heterocycles. The highest BCUT2D eigenvalue weighted by Gasteiger charge is 2.26. The summed E-state index contributed by atoms with van der Waals surface area (Å²) in [7, 11) is 0. The number of rotatable bonds is 3. The fraction of sp³-hybridized carbons (Fsp3) is 0.294. The van der Waals surface area contributed by atoms with E-state index in [1.54, 1.807) is 23.2 Å². The van der Waals surface area contributed by atoms with Crippen molar-refractivity contribution in [2.24, 2.45) is 5.73 Å². The quantitative estimate of drug-likeness (QED) is 0.937. The third kappa shape index (κ3) is 3.69. The Bertz CT molecular complexity index is 690. The van der Waals surface area contributed by atoms with Crippen LogP contribution in [0.3, 0.4) is 0 Å². The van der Waals surface area contributed by atoms with Crippen molar-refractivity contribution in [1.82, 2.24) is 9.88 Å². The second kappa shape index (κ2) is 7.08. The lowest BCUT2D eigenvalue weighted by atomic mass is 10.1. The summed E-state index contributed by atoms with van der Waals surface area (Å²) in [6.45, 7) is 1.91. The number of nitrogens with zero attached hydrogens (tertiary/aromatic N) is 2. The van der Waals surface area contributed by atoms with E-state index >= 15 is 0 Å². The van der Waals surface area contributed by atoms with Crippen molar-refractivity contribution in [3.63, 3.8) is 0 Å². The predicted molar refractivity (Wildman–Crippen MR) is 88.2 cm³/mol. The monoisotopic (exact) mass is 331 g/mol. The topological polar surface area (TPSA) is 68.5 Å². The molecule has 120 valence electrons. The molecule has 1 fully saturated rings. The minimum atomic E-state index is -0.138. The highest BCUT2D eigenvalue weighted by atomic mass is 35.5. The first-order valence-electron chi connectivity index (χ1n) is 7.48. The molecule has 5 nitrogen and oxygen atoms in total. The van der Waals surface area contributed by atoms with E-state index in [2.05, 4.69) is 4.98 Å². The molecule has 1 amide bonds. The number of carbonyl (C=O) groups excluding carboxylic acids is 1. The summed E-state index contributed by atoms with van der Waals surface area (Å²) in [6, 6.07) is 11.0. The molecule has 0 spiro atoms. The van der Waals surface area contributed by atoms with E-state index < -0.39 is 0 Å². The summed E-state index contributed by atoms with van der Waals surface area (Å²) in [5.41, 5.74) is 7.92. The molecule has 1 aliphatic rings. The average molecular weight is 332 g/mol. The molecule has 1 saturated heterocycles. The number of amides is 1. The van der Waals surface area contributed by atoms with Gasteiger partial charge in [-0.25, -0.2) is 0 Å². The summed E-state index contributed by atoms with van der Waals surface area (Å²) in [5, 5.41) is 0.684. The second-order valence-electron chi connectivity index (χ2n) is 5.40. The zero-order valence-electron chi connectivity index (χ0n) is 12.6. The molecule has 6 heteroatoms. The zero-order valence-corrected chi connectivity index (χ0v) is 13.4. The summed E-state index contributed by atoms with van der Waals surface area (Å²) < 4.78 is 5.80. The van der Waals surface area contributed by atoms with E-state index in [0.29, 0.717) is 42.5 Å². The van der Waals surface area contributed by atoms with Gasteiger partial charge < -0.3 is 15.4 Å². The average Bonchev–Trinajstić information content (AvgIpc) is 2.62. The lowest BCUT2D eigenvalue weighted by molar-refractivity contribution is -0.0228. The Morgan fingerprint density at radius 3 is 2.87 bits per heavy atom. The van der Waals surface area contributed by atoms with Crippen LogP contribution in [-0.2, 0) is 11.3 Å². The van der Waals surface area contributed by atoms with Gasteiger partial charge >= 0.3 is 0 Å². The maximum absolute atomic E-state index is 12.7. The van der Waals surface area contributed by atoms with E-state index in [9.17, 15) is 4.79 Å². The molecule has 1 aromatic heterocycles. The largest absolute Gasteiger partial charge is 0.370 e. The van der Waals surface area contributed by atoms with E-state index in [1.807, 2.05) is 24.3 Å². The van der Waals surface area contributed by atoms with Crippen molar-refractivity contribution in [2.45, 2.75) is 12.6 Å². The standard InChI is InChI=1S/C17H18ClN3O2/c18-14-3-1-12(2-4-14)16-11-21(7-8-23-16)17(22)13-5-6-20-15(9-13)10-19/h1-6,9,16H,7-8,10-11,19H2. The number of hydrogen-bond acceptors (Lipinski definition) is 4. The fourth-order valence-corrected chi connectivity index (χ4v) is 2.74. The van der Waals surface area contributed by atoms with Crippen LogP contribution in [-0.4, -0.2) is 35.5 Å². The maximum atomic E-state index is 12.7. The van der Waals surface area contributed by atoms with E-state index in [0.717, 1.165) is 5.56 Å². The van der Waals surface area contributed by atoms with Crippen LogP contribution in [0.4, 0.5) is 0 Å². The highest BCUT2D eigenvalue weighted by Crippen LogP contribution is 2.24. The molecule has 1 atom stereocenters. The minimum absolute atomic E-state index is 0.0237. The first-order chi connectivity index (χ1) is 11.2. The van der Waals surface area contributed by atoms with Gasteiger partial charge in [0, 0.05) is 29.9 Å². The zero-order chi connectivity index (χ0) is 16.2. The number of hydrogen-bond donors (Lipinski definition) is 1. The minimum Gasteiger partial charge on any atom is -0.370 e. The molecule has 1 aromatic carbocycles. The normalized spacial score (nSPS) is 18.0. The van der Waals surface area contributed by atoms with Crippen LogP contribution in [0, 0.1) is 0 Å². The number of halogens is 1. The van der Waals surface area contributed by atoms with Gasteiger partial charge in [-0.15, -0.1) is 0 Å². The number of pyridine rings is 1. The van der Waals surface area contributed by atoms with Crippen molar-refractivity contribution in [2.75, 3.05) is 19.7 Å². The van der Waals surface area contributed by atoms with Crippen LogP contribution in [0.15, 0.2) is 42.6 Å². The van der Waals surface area contributed by atoms with E-state index in [1.165, 1.54) is 0 Å². The lowest BCUT2D eigenvalue weighted by Gasteiger charge is -2.33. The molecule has 2 aromatic rings. The van der Waals surface area contributed by atoms with Gasteiger partial charge in [-0.1, -0.05) is 23.7 Å². The number of benzene rings is 1. The van der Waals surface area contributed by atoms with Gasteiger partial charge in [0.05, 0.1) is 18.8 Å². The van der Waals surface area contributed by atoms with Gasteiger partial charge in [0.15, 0.2) is 0 Å². The van der Waals surface area contributed by atoms with Gasteiger partial charge in [0.25, 0.3) is 5.91 Å². The summed E-state index contributed by atoms with van der Waals surface area (Å²) in [4.78, 5) is 18.6. The summed E-state index contributed by atoms with van der Waals surface area (Å²) in [6.07, 6.45) is 1.48. The number of ether oxygens (including phenoxy) is 1. The Balaban J connectivity index is 1.75. The summed E-state index contributed by atoms with van der Waals surface area (Å²) in [5.74, 6) is -0.0237. The van der Waals surface area contributed by atoms with Crippen LogP contribution >= 0.6 is 11.6 Å². The predicted octanol–water partition coefficient (Wildman–Crippen LogP) is 2.41.